The zero-order valence-electron chi connectivity index (χ0n) is 11.1. The van der Waals surface area contributed by atoms with Crippen molar-refractivity contribution in [3.8, 4) is 0 Å². The van der Waals surface area contributed by atoms with Crippen LogP contribution in [0.15, 0.2) is 11.3 Å². The molecule has 0 aliphatic carbocycles. The molecule has 0 aromatic rings. The molecule has 0 N–H and O–H groups in total. The molecule has 0 bridgehead atoms. The van der Waals surface area contributed by atoms with E-state index >= 15 is 0 Å². The van der Waals surface area contributed by atoms with Crippen LogP contribution in [-0.4, -0.2) is 40.2 Å². The van der Waals surface area contributed by atoms with Crippen LogP contribution in [-0.2, 0) is 19.1 Å². The lowest BCUT2D eigenvalue weighted by Gasteiger charge is -2.38. The summed E-state index contributed by atoms with van der Waals surface area (Å²) in [7, 11) is 11.6. The topological polar surface area (TPSA) is 52.6 Å². The van der Waals surface area contributed by atoms with Crippen LogP contribution in [0.5, 0.6) is 0 Å². The van der Waals surface area contributed by atoms with Crippen LogP contribution in [0.25, 0.3) is 0 Å². The van der Waals surface area contributed by atoms with Crippen molar-refractivity contribution in [1.82, 2.24) is 0 Å². The largest absolute Gasteiger partial charge is 0.494 e. The Morgan fingerprint density at radius 2 is 2.17 bits per heavy atom. The first kappa shape index (κ1) is 14.9. The number of hydrogen-bond acceptors (Lipinski definition) is 4. The third-order valence-electron chi connectivity index (χ3n) is 3.00. The first-order valence-electron chi connectivity index (χ1n) is 5.90. The van der Waals surface area contributed by atoms with E-state index in [4.69, 9.17) is 25.2 Å². The molecule has 18 heavy (non-hydrogen) atoms. The van der Waals surface area contributed by atoms with Gasteiger partial charge in [-0.25, -0.2) is 4.79 Å². The van der Waals surface area contributed by atoms with Gasteiger partial charge in [-0.05, 0) is 19.7 Å². The zero-order valence-corrected chi connectivity index (χ0v) is 11.1. The van der Waals surface area contributed by atoms with Crippen LogP contribution in [0.3, 0.4) is 0 Å². The third-order valence-corrected chi connectivity index (χ3v) is 3.00. The zero-order chi connectivity index (χ0) is 14.1. The smallest absolute Gasteiger partial charge is 0.345 e. The molecule has 0 saturated carbocycles. The van der Waals surface area contributed by atoms with Crippen molar-refractivity contribution < 1.29 is 19.1 Å². The standard InChI is InChI=1S/C12H16B2O4/c1-5-17-11(16)8-9(6(2)13)18-7(3)12(4,14)10(8)15/h6-7H,5H2,1-4H3. The van der Waals surface area contributed by atoms with E-state index in [1.165, 1.54) is 6.92 Å². The van der Waals surface area contributed by atoms with E-state index in [0.29, 0.717) is 0 Å². The van der Waals surface area contributed by atoms with Gasteiger partial charge in [0.2, 0.25) is 0 Å². The summed E-state index contributed by atoms with van der Waals surface area (Å²) < 4.78 is 10.4. The molecule has 0 aromatic heterocycles. The monoisotopic (exact) mass is 246 g/mol. The van der Waals surface area contributed by atoms with Gasteiger partial charge in [0.05, 0.1) is 28.4 Å². The van der Waals surface area contributed by atoms with Gasteiger partial charge in [-0.15, -0.1) is 0 Å². The highest BCUT2D eigenvalue weighted by atomic mass is 16.5. The maximum atomic E-state index is 12.3. The number of carbonyl (C=O) groups excluding carboxylic acids is 2. The van der Waals surface area contributed by atoms with Crippen molar-refractivity contribution >= 4 is 27.4 Å². The van der Waals surface area contributed by atoms with E-state index in [2.05, 4.69) is 0 Å². The molecule has 0 saturated heterocycles. The quantitative estimate of drug-likeness (QED) is 0.425. The van der Waals surface area contributed by atoms with Gasteiger partial charge in [0, 0.05) is 5.31 Å². The van der Waals surface area contributed by atoms with Gasteiger partial charge in [0.15, 0.2) is 5.78 Å². The third kappa shape index (κ3) is 2.47. The van der Waals surface area contributed by atoms with Gasteiger partial charge in [-0.1, -0.05) is 13.8 Å². The Kier molecular flexibility index (Phi) is 4.30. The second kappa shape index (κ2) is 5.21. The van der Waals surface area contributed by atoms with E-state index in [1.807, 2.05) is 0 Å². The number of ether oxygens (including phenoxy) is 2. The van der Waals surface area contributed by atoms with Crippen molar-refractivity contribution in [2.75, 3.05) is 6.61 Å². The molecule has 0 spiro atoms. The van der Waals surface area contributed by atoms with Gasteiger partial charge in [-0.2, -0.15) is 0 Å². The molecule has 1 rings (SSSR count). The maximum absolute atomic E-state index is 12.3. The minimum atomic E-state index is -1.26. The van der Waals surface area contributed by atoms with E-state index in [0.717, 1.165) is 0 Å². The molecule has 4 radical (unpaired) electrons. The highest BCUT2D eigenvalue weighted by Gasteiger charge is 2.45. The predicted octanol–water partition coefficient (Wildman–Crippen LogP) is 1.12. The molecule has 0 fully saturated rings. The van der Waals surface area contributed by atoms with Crippen molar-refractivity contribution in [3.63, 3.8) is 0 Å². The minimum absolute atomic E-state index is 0.147. The Morgan fingerprint density at radius 3 is 2.61 bits per heavy atom. The Morgan fingerprint density at radius 1 is 1.61 bits per heavy atom. The summed E-state index contributed by atoms with van der Waals surface area (Å²) in [5.74, 6) is -1.66. The number of carbonyl (C=O) groups is 2. The molecule has 4 nitrogen and oxygen atoms in total. The summed E-state index contributed by atoms with van der Waals surface area (Å²) >= 11 is 0. The van der Waals surface area contributed by atoms with Crippen LogP contribution in [0.1, 0.15) is 27.7 Å². The number of rotatable bonds is 3. The van der Waals surface area contributed by atoms with Crippen molar-refractivity contribution in [2.24, 2.45) is 0 Å². The normalized spacial score (nSPS) is 29.8. The molecule has 3 unspecified atom stereocenters. The van der Waals surface area contributed by atoms with Gasteiger partial charge in [0.25, 0.3) is 0 Å². The summed E-state index contributed by atoms with van der Waals surface area (Å²) in [6.07, 6.45) is -0.552. The van der Waals surface area contributed by atoms with Gasteiger partial charge < -0.3 is 9.47 Å². The first-order valence-corrected chi connectivity index (χ1v) is 5.90. The second-order valence-corrected chi connectivity index (χ2v) is 4.62. The fraction of sp³-hybridized carbons (Fsp3) is 0.667. The molecule has 1 aliphatic rings. The van der Waals surface area contributed by atoms with Crippen LogP contribution >= 0.6 is 0 Å². The SMILES string of the molecule is [B]C(C)C1=C(C(=O)OCC)C(=O)C([B])(C)C(C)O1. The Balaban J connectivity index is 3.29. The Hall–Kier alpha value is -1.19. The average molecular weight is 246 g/mol. The summed E-state index contributed by atoms with van der Waals surface area (Å²) in [5.41, 5.74) is -0.171. The Bertz CT molecular complexity index is 399. The molecule has 1 heterocycles. The lowest BCUT2D eigenvalue weighted by Crippen LogP contribution is -2.42. The predicted molar refractivity (Wildman–Crippen MR) is 68.5 cm³/mol. The van der Waals surface area contributed by atoms with E-state index in [9.17, 15) is 9.59 Å². The van der Waals surface area contributed by atoms with E-state index in [1.54, 1.807) is 20.8 Å². The van der Waals surface area contributed by atoms with Crippen LogP contribution in [0, 0.1) is 0 Å². The highest BCUT2D eigenvalue weighted by Crippen LogP contribution is 2.41. The molecule has 1 aliphatic heterocycles. The van der Waals surface area contributed by atoms with E-state index < -0.39 is 29.0 Å². The second-order valence-electron chi connectivity index (χ2n) is 4.62. The van der Waals surface area contributed by atoms with Crippen LogP contribution in [0.4, 0.5) is 0 Å². The van der Waals surface area contributed by atoms with Gasteiger partial charge in [-0.3, -0.25) is 4.79 Å². The molecule has 0 amide bonds. The summed E-state index contributed by atoms with van der Waals surface area (Å²) in [6.45, 7) is 6.65. The molecule has 6 heteroatoms. The summed E-state index contributed by atoms with van der Waals surface area (Å²) in [4.78, 5) is 24.1. The number of ketones is 1. The van der Waals surface area contributed by atoms with Crippen LogP contribution < -0.4 is 0 Å². The molecular weight excluding hydrogens is 230 g/mol. The van der Waals surface area contributed by atoms with E-state index in [-0.39, 0.29) is 17.9 Å². The molecule has 94 valence electrons. The maximum Gasteiger partial charge on any atom is 0.345 e. The van der Waals surface area contributed by atoms with Crippen LogP contribution in [0.2, 0.25) is 11.1 Å². The number of Topliss-reactive ketones (excluding diaryl/α,β-unsaturated/α-hetero) is 1. The van der Waals surface area contributed by atoms with Crippen molar-refractivity contribution in [3.05, 3.63) is 11.3 Å². The van der Waals surface area contributed by atoms with Crippen molar-refractivity contribution in [1.29, 1.82) is 0 Å². The average Bonchev–Trinajstić information content (AvgIpc) is 2.26. The number of hydrogen-bond donors (Lipinski definition) is 0. The fourth-order valence-electron chi connectivity index (χ4n) is 1.67. The number of esters is 1. The number of allylic oxidation sites excluding steroid dienone is 1. The lowest BCUT2D eigenvalue weighted by molar-refractivity contribution is -0.142. The van der Waals surface area contributed by atoms with Gasteiger partial charge in [0.1, 0.15) is 11.3 Å². The van der Waals surface area contributed by atoms with Gasteiger partial charge >= 0.3 is 5.97 Å². The summed E-state index contributed by atoms with van der Waals surface area (Å²) in [6, 6.07) is 0. The lowest BCUT2D eigenvalue weighted by atomic mass is 9.60. The molecule has 0 aromatic carbocycles. The minimum Gasteiger partial charge on any atom is -0.494 e. The molecular formula is C12H16B2O4. The summed E-state index contributed by atoms with van der Waals surface area (Å²) in [5, 5.41) is -1.26. The fourth-order valence-corrected chi connectivity index (χ4v) is 1.67. The highest BCUT2D eigenvalue weighted by molar-refractivity contribution is 6.37. The first-order chi connectivity index (χ1) is 8.23. The van der Waals surface area contributed by atoms with Crippen molar-refractivity contribution in [2.45, 2.75) is 44.9 Å². The molecule has 3 atom stereocenters. The Labute approximate surface area is 110 Å².